The van der Waals surface area contributed by atoms with Crippen LogP contribution in [0.25, 0.3) is 0 Å². The second-order valence-electron chi connectivity index (χ2n) is 6.78. The highest BCUT2D eigenvalue weighted by Crippen LogP contribution is 2.39. The summed E-state index contributed by atoms with van der Waals surface area (Å²) in [7, 11) is -3.28. The van der Waals surface area contributed by atoms with Crippen LogP contribution in [-0.4, -0.2) is 70.7 Å². The fraction of sp³-hybridized carbons (Fsp3) is 0.733. The average molecular weight is 337 g/mol. The van der Waals surface area contributed by atoms with Gasteiger partial charge in [-0.3, -0.25) is 14.9 Å². The lowest BCUT2D eigenvalue weighted by Gasteiger charge is -2.37. The van der Waals surface area contributed by atoms with E-state index < -0.39 is 10.2 Å². The summed E-state index contributed by atoms with van der Waals surface area (Å²) >= 11 is 0. The standard InChI is InChI=1S/C15H23N5O2S/c21-23(22,20-11-13-1-2-15(20)9-13)19-7-5-18(6-8-19)12-14-10-16-3-4-17-14/h3-4,10,13,15H,1-2,5-9,11-12H2. The Labute approximate surface area is 137 Å². The van der Waals surface area contributed by atoms with E-state index in [4.69, 9.17) is 0 Å². The molecule has 2 aliphatic heterocycles. The van der Waals surface area contributed by atoms with Crippen molar-refractivity contribution in [3.63, 3.8) is 0 Å². The van der Waals surface area contributed by atoms with Gasteiger partial charge in [0.25, 0.3) is 10.2 Å². The minimum Gasteiger partial charge on any atom is -0.295 e. The Bertz CT molecular complexity index is 645. The van der Waals surface area contributed by atoms with Gasteiger partial charge < -0.3 is 0 Å². The van der Waals surface area contributed by atoms with Gasteiger partial charge >= 0.3 is 0 Å². The van der Waals surface area contributed by atoms with Crippen molar-refractivity contribution in [2.45, 2.75) is 31.8 Å². The zero-order valence-electron chi connectivity index (χ0n) is 13.2. The van der Waals surface area contributed by atoms with Crippen LogP contribution in [0, 0.1) is 5.92 Å². The number of hydrogen-bond acceptors (Lipinski definition) is 5. The predicted molar refractivity (Wildman–Crippen MR) is 85.6 cm³/mol. The maximum atomic E-state index is 12.9. The molecule has 1 aliphatic carbocycles. The molecule has 3 aliphatic rings. The smallest absolute Gasteiger partial charge is 0.282 e. The second-order valence-corrected chi connectivity index (χ2v) is 8.66. The molecule has 23 heavy (non-hydrogen) atoms. The summed E-state index contributed by atoms with van der Waals surface area (Å²) < 4.78 is 29.1. The average Bonchev–Trinajstić information content (AvgIpc) is 3.20. The fourth-order valence-electron chi connectivity index (χ4n) is 4.07. The molecular formula is C15H23N5O2S. The molecule has 8 heteroatoms. The molecule has 0 aromatic carbocycles. The molecule has 1 aromatic rings. The Balaban J connectivity index is 1.36. The van der Waals surface area contributed by atoms with Gasteiger partial charge in [-0.15, -0.1) is 0 Å². The molecule has 0 spiro atoms. The van der Waals surface area contributed by atoms with Crippen molar-refractivity contribution in [1.82, 2.24) is 23.5 Å². The van der Waals surface area contributed by atoms with E-state index in [1.165, 1.54) is 6.42 Å². The van der Waals surface area contributed by atoms with E-state index in [-0.39, 0.29) is 6.04 Å². The minimum absolute atomic E-state index is 0.252. The number of nitrogens with zero attached hydrogens (tertiary/aromatic N) is 5. The summed E-state index contributed by atoms with van der Waals surface area (Å²) in [6.07, 6.45) is 8.42. The fourth-order valence-corrected chi connectivity index (χ4v) is 5.96. The minimum atomic E-state index is -3.28. The lowest BCUT2D eigenvalue weighted by Crippen LogP contribution is -2.54. The van der Waals surface area contributed by atoms with Crippen LogP contribution in [0.3, 0.4) is 0 Å². The molecule has 1 saturated carbocycles. The first-order valence-corrected chi connectivity index (χ1v) is 9.77. The van der Waals surface area contributed by atoms with Crippen LogP contribution < -0.4 is 0 Å². The van der Waals surface area contributed by atoms with Gasteiger partial charge in [-0.2, -0.15) is 17.0 Å². The number of piperazine rings is 1. The zero-order chi connectivity index (χ0) is 15.9. The van der Waals surface area contributed by atoms with Crippen molar-refractivity contribution < 1.29 is 8.42 Å². The van der Waals surface area contributed by atoms with Crippen molar-refractivity contribution in [3.05, 3.63) is 24.3 Å². The third kappa shape index (κ3) is 3.00. The van der Waals surface area contributed by atoms with E-state index in [1.54, 1.807) is 27.2 Å². The van der Waals surface area contributed by atoms with Gasteiger partial charge in [0.1, 0.15) is 0 Å². The van der Waals surface area contributed by atoms with E-state index in [9.17, 15) is 8.42 Å². The van der Waals surface area contributed by atoms with Crippen LogP contribution in [-0.2, 0) is 16.8 Å². The highest BCUT2D eigenvalue weighted by atomic mass is 32.2. The van der Waals surface area contributed by atoms with Gasteiger partial charge in [-0.05, 0) is 25.2 Å². The number of piperidine rings is 1. The lowest BCUT2D eigenvalue weighted by molar-refractivity contribution is 0.170. The van der Waals surface area contributed by atoms with Crippen LogP contribution in [0.1, 0.15) is 25.0 Å². The molecule has 3 fully saturated rings. The highest BCUT2D eigenvalue weighted by Gasteiger charge is 2.46. The molecule has 0 radical (unpaired) electrons. The third-order valence-electron chi connectivity index (χ3n) is 5.32. The lowest BCUT2D eigenvalue weighted by atomic mass is 10.1. The Morgan fingerprint density at radius 1 is 1.13 bits per heavy atom. The number of fused-ring (bicyclic) bond motifs is 2. The zero-order valence-corrected chi connectivity index (χ0v) is 14.0. The van der Waals surface area contributed by atoms with Crippen LogP contribution in [0.5, 0.6) is 0 Å². The molecule has 7 nitrogen and oxygen atoms in total. The van der Waals surface area contributed by atoms with E-state index in [0.717, 1.165) is 44.7 Å². The van der Waals surface area contributed by atoms with E-state index in [0.29, 0.717) is 19.0 Å². The molecule has 0 N–H and O–H groups in total. The van der Waals surface area contributed by atoms with Crippen molar-refractivity contribution in [2.24, 2.45) is 5.92 Å². The van der Waals surface area contributed by atoms with Crippen molar-refractivity contribution in [3.8, 4) is 0 Å². The van der Waals surface area contributed by atoms with Gasteiger partial charge in [0.15, 0.2) is 0 Å². The van der Waals surface area contributed by atoms with E-state index in [2.05, 4.69) is 14.9 Å². The van der Waals surface area contributed by atoms with Gasteiger partial charge in [-0.1, -0.05) is 0 Å². The Kier molecular flexibility index (Phi) is 4.08. The molecule has 2 saturated heterocycles. The first-order valence-electron chi connectivity index (χ1n) is 8.37. The summed E-state index contributed by atoms with van der Waals surface area (Å²) in [5.41, 5.74) is 0.931. The van der Waals surface area contributed by atoms with Crippen molar-refractivity contribution >= 4 is 10.2 Å². The molecule has 2 bridgehead atoms. The van der Waals surface area contributed by atoms with Gasteiger partial charge in [0.05, 0.1) is 5.69 Å². The quantitative estimate of drug-likeness (QED) is 0.792. The molecule has 0 amide bonds. The molecule has 1 aromatic heterocycles. The summed E-state index contributed by atoms with van der Waals surface area (Å²) in [6, 6.07) is 0.252. The summed E-state index contributed by atoms with van der Waals surface area (Å²) in [6.45, 7) is 4.09. The highest BCUT2D eigenvalue weighted by molar-refractivity contribution is 7.86. The van der Waals surface area contributed by atoms with Crippen LogP contribution in [0.4, 0.5) is 0 Å². The topological polar surface area (TPSA) is 69.6 Å². The normalized spacial score (nSPS) is 30.1. The van der Waals surface area contributed by atoms with E-state index >= 15 is 0 Å². The van der Waals surface area contributed by atoms with Crippen LogP contribution >= 0.6 is 0 Å². The summed E-state index contributed by atoms with van der Waals surface area (Å²) in [5.74, 6) is 0.590. The summed E-state index contributed by atoms with van der Waals surface area (Å²) in [5, 5.41) is 0. The third-order valence-corrected chi connectivity index (χ3v) is 7.37. The Morgan fingerprint density at radius 2 is 1.96 bits per heavy atom. The predicted octanol–water partition coefficient (Wildman–Crippen LogP) is 0.323. The maximum Gasteiger partial charge on any atom is 0.282 e. The first kappa shape index (κ1) is 15.4. The Morgan fingerprint density at radius 3 is 2.57 bits per heavy atom. The molecular weight excluding hydrogens is 314 g/mol. The summed E-state index contributed by atoms with van der Waals surface area (Å²) in [4.78, 5) is 10.6. The van der Waals surface area contributed by atoms with Crippen molar-refractivity contribution in [2.75, 3.05) is 32.7 Å². The second kappa shape index (κ2) is 6.08. The molecule has 4 rings (SSSR count). The maximum absolute atomic E-state index is 12.9. The molecule has 3 heterocycles. The number of rotatable bonds is 4. The number of hydrogen-bond donors (Lipinski definition) is 0. The number of aromatic nitrogens is 2. The van der Waals surface area contributed by atoms with Gasteiger partial charge in [-0.25, -0.2) is 0 Å². The largest absolute Gasteiger partial charge is 0.295 e. The molecule has 2 atom stereocenters. The Hall–Kier alpha value is -1.09. The van der Waals surface area contributed by atoms with Crippen LogP contribution in [0.15, 0.2) is 18.6 Å². The van der Waals surface area contributed by atoms with E-state index in [1.807, 2.05) is 0 Å². The molecule has 2 unspecified atom stereocenters. The van der Waals surface area contributed by atoms with Crippen LogP contribution in [0.2, 0.25) is 0 Å². The monoisotopic (exact) mass is 337 g/mol. The first-order chi connectivity index (χ1) is 11.1. The SMILES string of the molecule is O=S(=O)(N1CCN(Cc2cnccn2)CC1)N1CC2CCC1C2. The van der Waals surface area contributed by atoms with Gasteiger partial charge in [0, 0.05) is 63.9 Å². The van der Waals surface area contributed by atoms with Crippen molar-refractivity contribution in [1.29, 1.82) is 0 Å². The molecule has 126 valence electrons. The van der Waals surface area contributed by atoms with Gasteiger partial charge in [0.2, 0.25) is 0 Å².